The molecule has 0 bridgehead atoms. The summed E-state index contributed by atoms with van der Waals surface area (Å²) in [5, 5.41) is 12.0. The number of fused-ring (bicyclic) bond motifs is 1. The normalized spacial score (nSPS) is 11.0. The van der Waals surface area contributed by atoms with Crippen LogP contribution in [0.5, 0.6) is 11.5 Å². The summed E-state index contributed by atoms with van der Waals surface area (Å²) in [6.45, 7) is 2.49. The minimum atomic E-state index is -0.296. The van der Waals surface area contributed by atoms with Crippen molar-refractivity contribution in [2.24, 2.45) is 5.10 Å². The maximum atomic E-state index is 12.0. The number of aromatic nitrogens is 3. The van der Waals surface area contributed by atoms with E-state index in [4.69, 9.17) is 9.47 Å². The summed E-state index contributed by atoms with van der Waals surface area (Å²) in [7, 11) is 1.57. The van der Waals surface area contributed by atoms with Crippen molar-refractivity contribution >= 4 is 23.2 Å². The Morgan fingerprint density at radius 1 is 1.27 bits per heavy atom. The van der Waals surface area contributed by atoms with Gasteiger partial charge in [-0.15, -0.1) is 5.10 Å². The Morgan fingerprint density at radius 2 is 2.12 bits per heavy atom. The van der Waals surface area contributed by atoms with Gasteiger partial charge in [0.1, 0.15) is 12.1 Å². The Labute approximate surface area is 150 Å². The van der Waals surface area contributed by atoms with E-state index in [0.29, 0.717) is 18.1 Å². The third-order valence-electron chi connectivity index (χ3n) is 3.60. The van der Waals surface area contributed by atoms with Crippen molar-refractivity contribution in [3.8, 4) is 11.5 Å². The van der Waals surface area contributed by atoms with Crippen LogP contribution in [0, 0.1) is 0 Å². The Bertz CT molecular complexity index is 935. The molecule has 0 saturated heterocycles. The Kier molecular flexibility index (Phi) is 5.43. The molecule has 1 amide bonds. The largest absolute Gasteiger partial charge is 0.493 e. The number of nitrogens with one attached hydrogen (secondary N) is 1. The Hall–Kier alpha value is -3.42. The standard InChI is InChI=1S/C18H19N5O3/c1-3-26-16-9-8-13(10-17(16)25-2)11-19-21-18(24)12-23-15-7-5-4-6-14(15)20-22-23/h4-11H,3,12H2,1-2H3,(H,21,24)/b19-11-. The molecule has 1 heterocycles. The first-order valence-electron chi connectivity index (χ1n) is 8.12. The van der Waals surface area contributed by atoms with Crippen molar-refractivity contribution in [2.45, 2.75) is 13.5 Å². The zero-order chi connectivity index (χ0) is 18.4. The number of hydrogen-bond donors (Lipinski definition) is 1. The minimum Gasteiger partial charge on any atom is -0.493 e. The lowest BCUT2D eigenvalue weighted by molar-refractivity contribution is -0.121. The molecule has 0 radical (unpaired) electrons. The fraction of sp³-hybridized carbons (Fsp3) is 0.222. The summed E-state index contributed by atoms with van der Waals surface area (Å²) in [6, 6.07) is 12.9. The third kappa shape index (κ3) is 3.97. The fourth-order valence-electron chi connectivity index (χ4n) is 2.42. The summed E-state index contributed by atoms with van der Waals surface area (Å²) in [6.07, 6.45) is 1.54. The van der Waals surface area contributed by atoms with E-state index in [1.165, 1.54) is 10.9 Å². The van der Waals surface area contributed by atoms with Gasteiger partial charge in [-0.3, -0.25) is 4.79 Å². The lowest BCUT2D eigenvalue weighted by Gasteiger charge is -2.09. The number of methoxy groups -OCH3 is 1. The van der Waals surface area contributed by atoms with Crippen molar-refractivity contribution in [3.05, 3.63) is 48.0 Å². The predicted octanol–water partition coefficient (Wildman–Crippen LogP) is 1.99. The maximum Gasteiger partial charge on any atom is 0.261 e. The Morgan fingerprint density at radius 3 is 2.92 bits per heavy atom. The first-order chi connectivity index (χ1) is 12.7. The molecule has 0 aliphatic rings. The average Bonchev–Trinajstić information content (AvgIpc) is 3.06. The van der Waals surface area contributed by atoms with Gasteiger partial charge >= 0.3 is 0 Å². The van der Waals surface area contributed by atoms with Crippen molar-refractivity contribution < 1.29 is 14.3 Å². The zero-order valence-electron chi connectivity index (χ0n) is 14.5. The third-order valence-corrected chi connectivity index (χ3v) is 3.60. The summed E-state index contributed by atoms with van der Waals surface area (Å²) in [4.78, 5) is 12.0. The van der Waals surface area contributed by atoms with Crippen molar-refractivity contribution in [2.75, 3.05) is 13.7 Å². The molecule has 3 rings (SSSR count). The molecule has 8 heteroatoms. The molecule has 0 aliphatic carbocycles. The number of ether oxygens (including phenoxy) is 2. The van der Waals surface area contributed by atoms with Crippen LogP contribution in [0.4, 0.5) is 0 Å². The molecule has 0 saturated carbocycles. The van der Waals surface area contributed by atoms with Gasteiger partial charge in [-0.25, -0.2) is 10.1 Å². The van der Waals surface area contributed by atoms with Crippen LogP contribution < -0.4 is 14.9 Å². The second kappa shape index (κ2) is 8.11. The highest BCUT2D eigenvalue weighted by molar-refractivity contribution is 5.84. The number of para-hydroxylation sites is 1. The van der Waals surface area contributed by atoms with E-state index in [2.05, 4.69) is 20.8 Å². The number of rotatable bonds is 7. The van der Waals surface area contributed by atoms with Gasteiger partial charge in [-0.2, -0.15) is 5.10 Å². The van der Waals surface area contributed by atoms with Gasteiger partial charge in [-0.1, -0.05) is 17.3 Å². The minimum absolute atomic E-state index is 0.0322. The van der Waals surface area contributed by atoms with Crippen molar-refractivity contribution in [1.29, 1.82) is 0 Å². The quantitative estimate of drug-likeness (QED) is 0.518. The predicted molar refractivity (Wildman–Crippen MR) is 97.4 cm³/mol. The van der Waals surface area contributed by atoms with Crippen LogP contribution in [-0.4, -0.2) is 40.8 Å². The molecular weight excluding hydrogens is 334 g/mol. The number of nitrogens with zero attached hydrogens (tertiary/aromatic N) is 4. The van der Waals surface area contributed by atoms with E-state index in [0.717, 1.165) is 16.6 Å². The number of hydrogen-bond acceptors (Lipinski definition) is 6. The van der Waals surface area contributed by atoms with Gasteiger partial charge in [0.25, 0.3) is 5.91 Å². The lowest BCUT2D eigenvalue weighted by atomic mass is 10.2. The molecule has 26 heavy (non-hydrogen) atoms. The molecule has 1 aromatic heterocycles. The van der Waals surface area contributed by atoms with Crippen LogP contribution in [-0.2, 0) is 11.3 Å². The molecule has 8 nitrogen and oxygen atoms in total. The van der Waals surface area contributed by atoms with Gasteiger partial charge in [-0.05, 0) is 42.8 Å². The van der Waals surface area contributed by atoms with E-state index in [1.807, 2.05) is 37.3 Å². The van der Waals surface area contributed by atoms with Crippen LogP contribution in [0.2, 0.25) is 0 Å². The van der Waals surface area contributed by atoms with Crippen LogP contribution in [0.15, 0.2) is 47.6 Å². The smallest absolute Gasteiger partial charge is 0.261 e. The van der Waals surface area contributed by atoms with Gasteiger partial charge in [0, 0.05) is 0 Å². The molecule has 134 valence electrons. The first kappa shape index (κ1) is 17.4. The topological polar surface area (TPSA) is 90.6 Å². The van der Waals surface area contributed by atoms with E-state index in [1.54, 1.807) is 19.2 Å². The van der Waals surface area contributed by atoms with Gasteiger partial charge in [0.05, 0.1) is 25.4 Å². The summed E-state index contributed by atoms with van der Waals surface area (Å²) in [5.41, 5.74) is 4.79. The van der Waals surface area contributed by atoms with Crippen LogP contribution in [0.3, 0.4) is 0 Å². The van der Waals surface area contributed by atoms with Crippen LogP contribution >= 0.6 is 0 Å². The van der Waals surface area contributed by atoms with Crippen LogP contribution in [0.1, 0.15) is 12.5 Å². The SMILES string of the molecule is CCOc1ccc(/C=N\NC(=O)Cn2nnc3ccccc32)cc1OC. The van der Waals surface area contributed by atoms with Gasteiger partial charge in [0.15, 0.2) is 11.5 Å². The highest BCUT2D eigenvalue weighted by atomic mass is 16.5. The number of carbonyl (C=O) groups is 1. The lowest BCUT2D eigenvalue weighted by Crippen LogP contribution is -2.23. The van der Waals surface area contributed by atoms with Crippen LogP contribution in [0.25, 0.3) is 11.0 Å². The highest BCUT2D eigenvalue weighted by Crippen LogP contribution is 2.27. The molecule has 0 atom stereocenters. The molecule has 0 spiro atoms. The first-order valence-corrected chi connectivity index (χ1v) is 8.12. The molecule has 3 aromatic rings. The van der Waals surface area contributed by atoms with E-state index in [-0.39, 0.29) is 12.5 Å². The number of carbonyl (C=O) groups excluding carboxylic acids is 1. The van der Waals surface area contributed by atoms with Crippen molar-refractivity contribution in [1.82, 2.24) is 20.4 Å². The van der Waals surface area contributed by atoms with Gasteiger partial charge < -0.3 is 9.47 Å². The van der Waals surface area contributed by atoms with Gasteiger partial charge in [0.2, 0.25) is 0 Å². The molecule has 0 unspecified atom stereocenters. The highest BCUT2D eigenvalue weighted by Gasteiger charge is 2.08. The summed E-state index contributed by atoms with van der Waals surface area (Å²) < 4.78 is 12.3. The monoisotopic (exact) mass is 353 g/mol. The number of hydrazone groups is 1. The molecule has 0 fully saturated rings. The number of amides is 1. The molecule has 1 N–H and O–H groups in total. The second-order valence-corrected chi connectivity index (χ2v) is 5.37. The molecule has 0 aliphatic heterocycles. The fourth-order valence-corrected chi connectivity index (χ4v) is 2.42. The Balaban J connectivity index is 1.62. The molecular formula is C18H19N5O3. The maximum absolute atomic E-state index is 12.0. The van der Waals surface area contributed by atoms with E-state index < -0.39 is 0 Å². The molecule has 2 aromatic carbocycles. The van der Waals surface area contributed by atoms with E-state index >= 15 is 0 Å². The van der Waals surface area contributed by atoms with Crippen molar-refractivity contribution in [3.63, 3.8) is 0 Å². The zero-order valence-corrected chi connectivity index (χ0v) is 14.5. The average molecular weight is 353 g/mol. The second-order valence-electron chi connectivity index (χ2n) is 5.37. The summed E-state index contributed by atoms with van der Waals surface area (Å²) in [5.74, 6) is 0.972. The summed E-state index contributed by atoms with van der Waals surface area (Å²) >= 11 is 0. The number of benzene rings is 2. The van der Waals surface area contributed by atoms with E-state index in [9.17, 15) is 4.79 Å².